The number of hydrogen-bond acceptors (Lipinski definition) is 4. The summed E-state index contributed by atoms with van der Waals surface area (Å²) in [6.45, 7) is 4.76. The van der Waals surface area contributed by atoms with Crippen LogP contribution < -0.4 is 9.47 Å². The average Bonchev–Trinajstić information content (AvgIpc) is 3.11. The maximum Gasteiger partial charge on any atom is 0.258 e. The first-order chi connectivity index (χ1) is 11.1. The highest BCUT2D eigenvalue weighted by molar-refractivity contribution is 7.07. The Morgan fingerprint density at radius 2 is 2.04 bits per heavy atom. The minimum absolute atomic E-state index is 0.0231. The van der Waals surface area contributed by atoms with Crippen LogP contribution in [0.25, 0.3) is 0 Å². The lowest BCUT2D eigenvalue weighted by Gasteiger charge is -2.29. The number of benzene rings is 1. The summed E-state index contributed by atoms with van der Waals surface area (Å²) in [6, 6.07) is 7.50. The molecule has 0 N–H and O–H groups in total. The van der Waals surface area contributed by atoms with Crippen LogP contribution in [-0.4, -0.2) is 31.1 Å². The van der Waals surface area contributed by atoms with E-state index in [0.717, 1.165) is 12.0 Å². The van der Waals surface area contributed by atoms with Gasteiger partial charge in [-0.1, -0.05) is 6.92 Å². The molecule has 1 aromatic carbocycles. The number of carbonyl (C=O) groups is 1. The van der Waals surface area contributed by atoms with E-state index in [2.05, 4.69) is 25.3 Å². The van der Waals surface area contributed by atoms with Crippen molar-refractivity contribution in [1.29, 1.82) is 0 Å². The van der Waals surface area contributed by atoms with Crippen LogP contribution in [0.5, 0.6) is 11.5 Å². The summed E-state index contributed by atoms with van der Waals surface area (Å²) >= 11 is 1.64. The molecule has 1 unspecified atom stereocenters. The average molecular weight is 333 g/mol. The summed E-state index contributed by atoms with van der Waals surface area (Å²) in [5, 5.41) is 4.11. The number of ether oxygens (including phenoxy) is 2. The second-order valence-corrected chi connectivity index (χ2v) is 6.17. The molecule has 0 fully saturated rings. The summed E-state index contributed by atoms with van der Waals surface area (Å²) < 4.78 is 10.6. The summed E-state index contributed by atoms with van der Waals surface area (Å²) in [7, 11) is 3.16. The minimum atomic E-state index is -0.0231. The van der Waals surface area contributed by atoms with Gasteiger partial charge in [0.2, 0.25) is 0 Å². The van der Waals surface area contributed by atoms with Crippen molar-refractivity contribution in [2.75, 3.05) is 14.2 Å². The van der Waals surface area contributed by atoms with Gasteiger partial charge in [-0.05, 0) is 47.9 Å². The lowest BCUT2D eigenvalue weighted by Crippen LogP contribution is -2.37. The highest BCUT2D eigenvalue weighted by Gasteiger charge is 2.24. The van der Waals surface area contributed by atoms with E-state index in [1.807, 2.05) is 10.3 Å². The van der Waals surface area contributed by atoms with Crippen LogP contribution in [0.15, 0.2) is 35.0 Å². The minimum Gasteiger partial charge on any atom is -0.497 e. The Balaban J connectivity index is 2.33. The maximum absolute atomic E-state index is 13.1. The number of amides is 1. The van der Waals surface area contributed by atoms with Crippen molar-refractivity contribution in [2.24, 2.45) is 0 Å². The Labute approximate surface area is 141 Å². The molecule has 4 nitrogen and oxygen atoms in total. The number of hydrogen-bond donors (Lipinski definition) is 0. The molecule has 2 rings (SSSR count). The zero-order chi connectivity index (χ0) is 16.8. The van der Waals surface area contributed by atoms with Gasteiger partial charge in [-0.3, -0.25) is 4.79 Å². The third kappa shape index (κ3) is 4.05. The summed E-state index contributed by atoms with van der Waals surface area (Å²) in [5.74, 6) is 1.18. The van der Waals surface area contributed by atoms with Gasteiger partial charge >= 0.3 is 0 Å². The largest absolute Gasteiger partial charge is 0.497 e. The van der Waals surface area contributed by atoms with Crippen LogP contribution in [0.1, 0.15) is 36.2 Å². The number of thiophene rings is 1. The van der Waals surface area contributed by atoms with Crippen LogP contribution in [-0.2, 0) is 6.54 Å². The first-order valence-corrected chi connectivity index (χ1v) is 8.59. The zero-order valence-electron chi connectivity index (χ0n) is 14.0. The highest BCUT2D eigenvalue weighted by Crippen LogP contribution is 2.27. The van der Waals surface area contributed by atoms with Gasteiger partial charge < -0.3 is 14.4 Å². The Bertz CT molecular complexity index is 640. The van der Waals surface area contributed by atoms with Crippen LogP contribution in [0.3, 0.4) is 0 Å². The lowest BCUT2D eigenvalue weighted by atomic mass is 10.1. The molecule has 0 saturated heterocycles. The summed E-state index contributed by atoms with van der Waals surface area (Å²) in [6.07, 6.45) is 0.897. The summed E-state index contributed by atoms with van der Waals surface area (Å²) in [5.41, 5.74) is 1.71. The molecule has 5 heteroatoms. The molecule has 0 bridgehead atoms. The maximum atomic E-state index is 13.1. The third-order valence-corrected chi connectivity index (χ3v) is 4.69. The van der Waals surface area contributed by atoms with Gasteiger partial charge in [0.25, 0.3) is 5.91 Å². The molecule has 23 heavy (non-hydrogen) atoms. The van der Waals surface area contributed by atoms with Crippen molar-refractivity contribution in [2.45, 2.75) is 32.9 Å². The third-order valence-electron chi connectivity index (χ3n) is 3.96. The Hall–Kier alpha value is -2.01. The zero-order valence-corrected chi connectivity index (χ0v) is 14.9. The van der Waals surface area contributed by atoms with Crippen molar-refractivity contribution in [3.63, 3.8) is 0 Å². The molecule has 0 aliphatic carbocycles. The van der Waals surface area contributed by atoms with Gasteiger partial charge in [0.15, 0.2) is 0 Å². The van der Waals surface area contributed by atoms with Gasteiger partial charge in [0.05, 0.1) is 19.8 Å². The first-order valence-electron chi connectivity index (χ1n) is 7.64. The molecule has 0 saturated carbocycles. The number of rotatable bonds is 7. The second kappa shape index (κ2) is 8.02. The molecular formula is C18H23NO3S. The van der Waals surface area contributed by atoms with Crippen LogP contribution >= 0.6 is 11.3 Å². The van der Waals surface area contributed by atoms with Crippen molar-refractivity contribution in [3.05, 3.63) is 46.2 Å². The van der Waals surface area contributed by atoms with E-state index in [9.17, 15) is 4.79 Å². The van der Waals surface area contributed by atoms with E-state index in [4.69, 9.17) is 9.47 Å². The SMILES string of the molecule is CCC(C)N(Cc1ccsc1)C(=O)c1ccc(OC)cc1OC. The van der Waals surface area contributed by atoms with Crippen molar-refractivity contribution in [1.82, 2.24) is 4.90 Å². The fourth-order valence-corrected chi connectivity index (χ4v) is 3.02. The predicted octanol–water partition coefficient (Wildman–Crippen LogP) is 4.21. The quantitative estimate of drug-likeness (QED) is 0.762. The molecule has 0 aliphatic rings. The predicted molar refractivity (Wildman–Crippen MR) is 93.5 cm³/mol. The van der Waals surface area contributed by atoms with Gasteiger partial charge in [-0.15, -0.1) is 0 Å². The van der Waals surface area contributed by atoms with E-state index in [-0.39, 0.29) is 11.9 Å². The van der Waals surface area contributed by atoms with Crippen LogP contribution in [0.2, 0.25) is 0 Å². The lowest BCUT2D eigenvalue weighted by molar-refractivity contribution is 0.0668. The molecule has 1 heterocycles. The van der Waals surface area contributed by atoms with Gasteiger partial charge in [0.1, 0.15) is 11.5 Å². The number of methoxy groups -OCH3 is 2. The molecule has 1 amide bonds. The van der Waals surface area contributed by atoms with Crippen molar-refractivity contribution in [3.8, 4) is 11.5 Å². The highest BCUT2D eigenvalue weighted by atomic mass is 32.1. The fraction of sp³-hybridized carbons (Fsp3) is 0.389. The fourth-order valence-electron chi connectivity index (χ4n) is 2.36. The van der Waals surface area contributed by atoms with E-state index >= 15 is 0 Å². The number of carbonyl (C=O) groups excluding carboxylic acids is 1. The molecule has 0 spiro atoms. The standard InChI is InChI=1S/C18H23NO3S/c1-5-13(2)19(11-14-8-9-23-12-14)18(20)16-7-6-15(21-3)10-17(16)22-4/h6-10,12-13H,5,11H2,1-4H3. The molecule has 0 radical (unpaired) electrons. The van der Waals surface area contributed by atoms with Crippen LogP contribution in [0.4, 0.5) is 0 Å². The molecule has 2 aromatic rings. The van der Waals surface area contributed by atoms with E-state index in [1.54, 1.807) is 43.8 Å². The second-order valence-electron chi connectivity index (χ2n) is 5.39. The molecule has 1 atom stereocenters. The molecule has 124 valence electrons. The topological polar surface area (TPSA) is 38.8 Å². The monoisotopic (exact) mass is 333 g/mol. The molecule has 0 aliphatic heterocycles. The smallest absolute Gasteiger partial charge is 0.258 e. The van der Waals surface area contributed by atoms with E-state index in [0.29, 0.717) is 23.6 Å². The van der Waals surface area contributed by atoms with Gasteiger partial charge in [-0.2, -0.15) is 11.3 Å². The summed E-state index contributed by atoms with van der Waals surface area (Å²) in [4.78, 5) is 15.0. The van der Waals surface area contributed by atoms with Crippen molar-refractivity contribution < 1.29 is 14.3 Å². The molecule has 1 aromatic heterocycles. The van der Waals surface area contributed by atoms with E-state index < -0.39 is 0 Å². The van der Waals surface area contributed by atoms with E-state index in [1.165, 1.54) is 0 Å². The van der Waals surface area contributed by atoms with Crippen molar-refractivity contribution >= 4 is 17.2 Å². The molecular weight excluding hydrogens is 310 g/mol. The normalized spacial score (nSPS) is 11.8. The Morgan fingerprint density at radius 3 is 2.61 bits per heavy atom. The number of nitrogens with zero attached hydrogens (tertiary/aromatic N) is 1. The Morgan fingerprint density at radius 1 is 1.26 bits per heavy atom. The van der Waals surface area contributed by atoms with Gasteiger partial charge in [0, 0.05) is 18.7 Å². The first kappa shape index (κ1) is 17.3. The van der Waals surface area contributed by atoms with Crippen LogP contribution in [0, 0.1) is 0 Å². The van der Waals surface area contributed by atoms with Gasteiger partial charge in [-0.25, -0.2) is 0 Å². The Kier molecular flexibility index (Phi) is 6.04.